The summed E-state index contributed by atoms with van der Waals surface area (Å²) >= 11 is 0. The van der Waals surface area contributed by atoms with E-state index >= 15 is 8.78 Å². The van der Waals surface area contributed by atoms with E-state index in [9.17, 15) is 9.59 Å². The summed E-state index contributed by atoms with van der Waals surface area (Å²) < 4.78 is 51.3. The fraction of sp³-hybridized carbons (Fsp3) is 0.484. The average Bonchev–Trinajstić information content (AvgIpc) is 3.60. The first-order valence-corrected chi connectivity index (χ1v) is 15.0. The molecule has 12 nitrogen and oxygen atoms in total. The molecular formula is C31H37F2N7O5. The normalized spacial score (nSPS) is 17.6. The van der Waals surface area contributed by atoms with Crippen LogP contribution < -0.4 is 15.0 Å². The van der Waals surface area contributed by atoms with Crippen LogP contribution in [0, 0.1) is 18.6 Å². The first-order chi connectivity index (χ1) is 21.4. The van der Waals surface area contributed by atoms with E-state index in [0.29, 0.717) is 56.0 Å². The zero-order valence-electron chi connectivity index (χ0n) is 26.0. The van der Waals surface area contributed by atoms with Gasteiger partial charge >= 0.3 is 6.09 Å². The molecule has 4 aromatic rings. The number of pyridine rings is 1. The third-order valence-electron chi connectivity index (χ3n) is 7.95. The van der Waals surface area contributed by atoms with Gasteiger partial charge in [0.1, 0.15) is 22.7 Å². The number of carbonyl (C=O) groups is 2. The number of aromatic nitrogens is 4. The summed E-state index contributed by atoms with van der Waals surface area (Å²) in [4.78, 5) is 34.3. The summed E-state index contributed by atoms with van der Waals surface area (Å²) in [6.45, 7) is 9.28. The minimum absolute atomic E-state index is 0.0137. The molecule has 2 saturated heterocycles. The molecule has 5 heterocycles. The number of imidazole rings is 1. The largest absolute Gasteiger partial charge is 0.491 e. The highest BCUT2D eigenvalue weighted by Crippen LogP contribution is 2.37. The monoisotopic (exact) mass is 625 g/mol. The SMILES string of the molecule is COc1c(NC(=O)c2c(F)cc(N3CCN(C(=O)OC(C)(C)C)CC3)c3cnn(C4CCCCO4)c23)cn2cc(C)nc2c1F. The van der Waals surface area contributed by atoms with E-state index in [-0.39, 0.29) is 28.2 Å². The summed E-state index contributed by atoms with van der Waals surface area (Å²) in [7, 11) is 1.28. The van der Waals surface area contributed by atoms with Gasteiger partial charge < -0.3 is 33.7 Å². The van der Waals surface area contributed by atoms with Crippen LogP contribution in [-0.2, 0) is 9.47 Å². The lowest BCUT2D eigenvalue weighted by Gasteiger charge is -2.37. The minimum atomic E-state index is -0.801. The number of rotatable bonds is 5. The zero-order chi connectivity index (χ0) is 32.0. The number of anilines is 2. The molecule has 0 aliphatic carbocycles. The molecule has 3 aromatic heterocycles. The van der Waals surface area contributed by atoms with E-state index in [1.165, 1.54) is 23.8 Å². The Hall–Kier alpha value is -4.46. The number of halogens is 2. The van der Waals surface area contributed by atoms with Crippen molar-refractivity contribution in [1.82, 2.24) is 24.1 Å². The van der Waals surface area contributed by atoms with Gasteiger partial charge in [-0.05, 0) is 53.0 Å². The maximum absolute atomic E-state index is 16.2. The second-order valence-corrected chi connectivity index (χ2v) is 12.3. The highest BCUT2D eigenvalue weighted by Gasteiger charge is 2.31. The van der Waals surface area contributed by atoms with Crippen molar-refractivity contribution in [2.45, 2.75) is 58.8 Å². The first kappa shape index (κ1) is 30.6. The Morgan fingerprint density at radius 3 is 2.53 bits per heavy atom. The number of amides is 2. The van der Waals surface area contributed by atoms with Crippen LogP contribution in [0.15, 0.2) is 24.7 Å². The van der Waals surface area contributed by atoms with Gasteiger partial charge in [0.2, 0.25) is 5.82 Å². The van der Waals surface area contributed by atoms with Gasteiger partial charge in [0, 0.05) is 50.6 Å². The summed E-state index contributed by atoms with van der Waals surface area (Å²) in [5.74, 6) is -2.55. The quantitative estimate of drug-likeness (QED) is 0.318. The Morgan fingerprint density at radius 1 is 1.11 bits per heavy atom. The number of benzene rings is 1. The van der Waals surface area contributed by atoms with E-state index < -0.39 is 35.5 Å². The fourth-order valence-electron chi connectivity index (χ4n) is 5.92. The topological polar surface area (TPSA) is 115 Å². The number of hydrogen-bond acceptors (Lipinski definition) is 8. The Morgan fingerprint density at radius 2 is 1.87 bits per heavy atom. The van der Waals surface area contributed by atoms with Gasteiger partial charge in [-0.15, -0.1) is 0 Å². The third-order valence-corrected chi connectivity index (χ3v) is 7.95. The van der Waals surface area contributed by atoms with Crippen LogP contribution in [0.4, 0.5) is 25.0 Å². The number of nitrogens with zero attached hydrogens (tertiary/aromatic N) is 6. The molecule has 1 atom stereocenters. The minimum Gasteiger partial charge on any atom is -0.491 e. The Balaban J connectivity index is 1.38. The molecule has 1 aromatic carbocycles. The fourth-order valence-corrected chi connectivity index (χ4v) is 5.92. The predicted molar refractivity (Wildman–Crippen MR) is 163 cm³/mol. The number of fused-ring (bicyclic) bond motifs is 2. The van der Waals surface area contributed by atoms with Gasteiger partial charge in [-0.2, -0.15) is 9.49 Å². The van der Waals surface area contributed by atoms with Crippen LogP contribution in [0.25, 0.3) is 16.6 Å². The number of ether oxygens (including phenoxy) is 3. The highest BCUT2D eigenvalue weighted by atomic mass is 19.1. The molecule has 14 heteroatoms. The van der Waals surface area contributed by atoms with Crippen LogP contribution in [0.5, 0.6) is 5.75 Å². The molecule has 6 rings (SSSR count). The third kappa shape index (κ3) is 5.86. The Kier molecular flexibility index (Phi) is 8.02. The van der Waals surface area contributed by atoms with Crippen LogP contribution in [-0.4, -0.2) is 81.6 Å². The van der Waals surface area contributed by atoms with Crippen molar-refractivity contribution in [3.8, 4) is 5.75 Å². The van der Waals surface area contributed by atoms with E-state index in [2.05, 4.69) is 15.4 Å². The standard InChI is InChI=1S/C31H37F2N7O5/c1-18-16-39-17-21(27(43-5)25(33)28(39)35-18)36-29(41)24-20(32)14-22(19-15-34-40(26(19)24)23-8-6-7-13-44-23)37-9-11-38(12-10-37)30(42)45-31(2,3)4/h14-17,23H,6-13H2,1-5H3,(H,36,41). The van der Waals surface area contributed by atoms with Crippen LogP contribution in [0.3, 0.4) is 0 Å². The average molecular weight is 626 g/mol. The lowest BCUT2D eigenvalue weighted by atomic mass is 10.1. The summed E-state index contributed by atoms with van der Waals surface area (Å²) in [5.41, 5.74) is 0.573. The molecule has 0 bridgehead atoms. The molecule has 1 unspecified atom stereocenters. The molecule has 0 radical (unpaired) electrons. The molecule has 240 valence electrons. The van der Waals surface area contributed by atoms with Crippen molar-refractivity contribution in [1.29, 1.82) is 0 Å². The van der Waals surface area contributed by atoms with E-state index in [4.69, 9.17) is 14.2 Å². The lowest BCUT2D eigenvalue weighted by Crippen LogP contribution is -2.50. The number of aryl methyl sites for hydroxylation is 1. The molecule has 45 heavy (non-hydrogen) atoms. The Bertz CT molecular complexity index is 1770. The van der Waals surface area contributed by atoms with Crippen molar-refractivity contribution in [3.05, 3.63) is 47.5 Å². The van der Waals surface area contributed by atoms with Crippen molar-refractivity contribution in [3.63, 3.8) is 0 Å². The second kappa shape index (κ2) is 11.8. The van der Waals surface area contributed by atoms with Crippen molar-refractivity contribution < 1.29 is 32.6 Å². The molecule has 2 fully saturated rings. The molecule has 2 amide bonds. The smallest absolute Gasteiger partial charge is 0.410 e. The summed E-state index contributed by atoms with van der Waals surface area (Å²) in [5, 5.41) is 7.80. The first-order valence-electron chi connectivity index (χ1n) is 15.0. The number of methoxy groups -OCH3 is 1. The summed E-state index contributed by atoms with van der Waals surface area (Å²) in [6, 6.07) is 1.31. The second-order valence-electron chi connectivity index (χ2n) is 12.3. The molecular weight excluding hydrogens is 588 g/mol. The van der Waals surface area contributed by atoms with E-state index in [0.717, 1.165) is 12.8 Å². The maximum Gasteiger partial charge on any atom is 0.410 e. The summed E-state index contributed by atoms with van der Waals surface area (Å²) in [6.07, 6.45) is 6.24. The van der Waals surface area contributed by atoms with Gasteiger partial charge in [0.25, 0.3) is 5.91 Å². The number of carbonyl (C=O) groups excluding carboxylic acids is 2. The number of piperazine rings is 1. The molecule has 2 aliphatic heterocycles. The van der Waals surface area contributed by atoms with Crippen molar-refractivity contribution in [2.75, 3.05) is 50.1 Å². The number of hydrogen-bond donors (Lipinski definition) is 1. The lowest BCUT2D eigenvalue weighted by molar-refractivity contribution is -0.0367. The Labute approximate surface area is 258 Å². The van der Waals surface area contributed by atoms with E-state index in [1.807, 2.05) is 25.7 Å². The van der Waals surface area contributed by atoms with E-state index in [1.54, 1.807) is 28.9 Å². The van der Waals surface area contributed by atoms with Gasteiger partial charge in [0.15, 0.2) is 17.6 Å². The van der Waals surface area contributed by atoms with Gasteiger partial charge in [-0.25, -0.2) is 18.9 Å². The zero-order valence-corrected chi connectivity index (χ0v) is 26.0. The van der Waals surface area contributed by atoms with Crippen molar-refractivity contribution in [2.24, 2.45) is 0 Å². The number of nitrogens with one attached hydrogen (secondary N) is 1. The molecule has 0 saturated carbocycles. The van der Waals surface area contributed by atoms with Crippen LogP contribution in [0.1, 0.15) is 62.3 Å². The maximum atomic E-state index is 16.2. The van der Waals surface area contributed by atoms with Gasteiger partial charge in [0.05, 0.1) is 30.2 Å². The van der Waals surface area contributed by atoms with Gasteiger partial charge in [-0.1, -0.05) is 0 Å². The van der Waals surface area contributed by atoms with Crippen LogP contribution >= 0.6 is 0 Å². The molecule has 0 spiro atoms. The molecule has 2 aliphatic rings. The van der Waals surface area contributed by atoms with Gasteiger partial charge in [-0.3, -0.25) is 4.79 Å². The van der Waals surface area contributed by atoms with Crippen LogP contribution in [0.2, 0.25) is 0 Å². The van der Waals surface area contributed by atoms with Crippen molar-refractivity contribution >= 4 is 39.9 Å². The highest BCUT2D eigenvalue weighted by molar-refractivity contribution is 6.14. The predicted octanol–water partition coefficient (Wildman–Crippen LogP) is 5.29. The molecule has 1 N–H and O–H groups in total.